The van der Waals surface area contributed by atoms with Crippen LogP contribution in [0.2, 0.25) is 0 Å². The Labute approximate surface area is 168 Å². The molecule has 0 aromatic carbocycles. The molecule has 0 spiro atoms. The van der Waals surface area contributed by atoms with Crippen LogP contribution in [-0.2, 0) is 25.4 Å². The van der Waals surface area contributed by atoms with Crippen LogP contribution < -0.4 is 16.6 Å². The van der Waals surface area contributed by atoms with Crippen LogP contribution in [0, 0.1) is 5.92 Å². The highest BCUT2D eigenvalue weighted by Crippen LogP contribution is 2.28. The van der Waals surface area contributed by atoms with Gasteiger partial charge in [0.25, 0.3) is 5.56 Å². The molecule has 28 heavy (non-hydrogen) atoms. The molecule has 9 nitrogen and oxygen atoms in total. The minimum Gasteiger partial charge on any atom is -0.341 e. The number of fused-ring (bicyclic) bond motifs is 1. The van der Waals surface area contributed by atoms with E-state index in [2.05, 4.69) is 10.3 Å². The Morgan fingerprint density at radius 3 is 2.50 bits per heavy atom. The van der Waals surface area contributed by atoms with Crippen molar-refractivity contribution in [2.24, 2.45) is 20.0 Å². The second-order valence-corrected chi connectivity index (χ2v) is 7.77. The molecule has 1 aliphatic heterocycles. The molecule has 2 fully saturated rings. The molecule has 10 heteroatoms. The van der Waals surface area contributed by atoms with E-state index in [1.807, 2.05) is 0 Å². The molecule has 0 atom stereocenters. The van der Waals surface area contributed by atoms with Crippen molar-refractivity contribution in [3.8, 4) is 0 Å². The lowest BCUT2D eigenvalue weighted by atomic mass is 10.0. The Balaban J connectivity index is 0.00000225. The molecule has 3 heterocycles. The summed E-state index contributed by atoms with van der Waals surface area (Å²) >= 11 is 0. The third-order valence-electron chi connectivity index (χ3n) is 5.73. The first-order valence-electron chi connectivity index (χ1n) is 9.57. The SMILES string of the molecule is Cl.Cn1cnc2c1c(=O)n(CC(=O)N1CCC(NCC3CC3)CC1)c(=O)n2C. The fourth-order valence-corrected chi connectivity index (χ4v) is 3.76. The number of carbonyl (C=O) groups is 1. The minimum absolute atomic E-state index is 0. The second kappa shape index (κ2) is 8.08. The first-order valence-corrected chi connectivity index (χ1v) is 9.57. The number of hydrogen-bond donors (Lipinski definition) is 1. The van der Waals surface area contributed by atoms with E-state index in [1.165, 1.54) is 23.7 Å². The predicted molar refractivity (Wildman–Crippen MR) is 108 cm³/mol. The number of carbonyl (C=O) groups excluding carboxylic acids is 1. The van der Waals surface area contributed by atoms with Crippen molar-refractivity contribution < 1.29 is 4.79 Å². The summed E-state index contributed by atoms with van der Waals surface area (Å²) in [6.07, 6.45) is 5.97. The van der Waals surface area contributed by atoms with Gasteiger partial charge in [0.05, 0.1) is 6.33 Å². The number of aryl methyl sites for hydroxylation is 2. The Kier molecular flexibility index (Phi) is 5.95. The van der Waals surface area contributed by atoms with E-state index in [0.29, 0.717) is 30.3 Å². The summed E-state index contributed by atoms with van der Waals surface area (Å²) in [7, 11) is 3.27. The number of imidazole rings is 1. The van der Waals surface area contributed by atoms with Gasteiger partial charge in [-0.15, -0.1) is 12.4 Å². The van der Waals surface area contributed by atoms with Gasteiger partial charge in [-0.25, -0.2) is 14.3 Å². The number of nitrogens with one attached hydrogen (secondary N) is 1. The smallest absolute Gasteiger partial charge is 0.332 e. The van der Waals surface area contributed by atoms with Gasteiger partial charge < -0.3 is 14.8 Å². The fraction of sp³-hybridized carbons (Fsp3) is 0.667. The predicted octanol–water partition coefficient (Wildman–Crippen LogP) is -0.154. The Hall–Kier alpha value is -2.13. The van der Waals surface area contributed by atoms with Crippen LogP contribution in [0.4, 0.5) is 0 Å². The number of likely N-dealkylation sites (tertiary alicyclic amines) is 1. The second-order valence-electron chi connectivity index (χ2n) is 7.77. The summed E-state index contributed by atoms with van der Waals surface area (Å²) in [6.45, 7) is 2.16. The molecule has 2 aromatic rings. The van der Waals surface area contributed by atoms with Crippen molar-refractivity contribution in [2.75, 3.05) is 19.6 Å². The fourth-order valence-electron chi connectivity index (χ4n) is 3.76. The maximum Gasteiger partial charge on any atom is 0.332 e. The number of nitrogens with zero attached hydrogens (tertiary/aromatic N) is 5. The number of halogens is 1. The van der Waals surface area contributed by atoms with Gasteiger partial charge >= 0.3 is 5.69 Å². The molecule has 0 radical (unpaired) electrons. The molecule has 0 unspecified atom stereocenters. The molecule has 1 saturated carbocycles. The number of aromatic nitrogens is 4. The average Bonchev–Trinajstić information content (AvgIpc) is 3.42. The van der Waals surface area contributed by atoms with Crippen molar-refractivity contribution >= 4 is 29.5 Å². The summed E-state index contributed by atoms with van der Waals surface area (Å²) in [6, 6.07) is 0.455. The molecule has 0 bridgehead atoms. The van der Waals surface area contributed by atoms with Crippen molar-refractivity contribution in [1.29, 1.82) is 0 Å². The first-order chi connectivity index (χ1) is 13.0. The maximum atomic E-state index is 12.7. The maximum absolute atomic E-state index is 12.7. The van der Waals surface area contributed by atoms with Crippen LogP contribution in [-0.4, -0.2) is 55.2 Å². The zero-order valence-corrected chi connectivity index (χ0v) is 17.1. The number of hydrogen-bond acceptors (Lipinski definition) is 5. The van der Waals surface area contributed by atoms with E-state index >= 15 is 0 Å². The normalized spacial score (nSPS) is 17.7. The quantitative estimate of drug-likeness (QED) is 0.739. The largest absolute Gasteiger partial charge is 0.341 e. The summed E-state index contributed by atoms with van der Waals surface area (Å²) in [5.41, 5.74) is -0.324. The molecule has 2 aromatic heterocycles. The lowest BCUT2D eigenvalue weighted by Crippen LogP contribution is -2.49. The van der Waals surface area contributed by atoms with Crippen LogP contribution in [0.5, 0.6) is 0 Å². The van der Waals surface area contributed by atoms with Gasteiger partial charge in [0.15, 0.2) is 11.2 Å². The zero-order chi connectivity index (χ0) is 19.1. The molecular weight excluding hydrogens is 384 g/mol. The van der Waals surface area contributed by atoms with E-state index < -0.39 is 11.2 Å². The minimum atomic E-state index is -0.513. The van der Waals surface area contributed by atoms with Crippen molar-refractivity contribution in [3.63, 3.8) is 0 Å². The summed E-state index contributed by atoms with van der Waals surface area (Å²) < 4.78 is 3.91. The van der Waals surface area contributed by atoms with E-state index in [4.69, 9.17) is 0 Å². The molecule has 2 aliphatic rings. The van der Waals surface area contributed by atoms with Crippen molar-refractivity contribution in [1.82, 2.24) is 28.9 Å². The van der Waals surface area contributed by atoms with Gasteiger partial charge in [0.2, 0.25) is 5.91 Å². The third-order valence-corrected chi connectivity index (χ3v) is 5.73. The van der Waals surface area contributed by atoms with Gasteiger partial charge in [-0.1, -0.05) is 0 Å². The molecule has 4 rings (SSSR count). The van der Waals surface area contributed by atoms with Crippen molar-refractivity contribution in [3.05, 3.63) is 27.2 Å². The standard InChI is InChI=1S/C18H26N6O3.ClH/c1-21-11-20-16-15(21)17(26)24(18(27)22(16)2)10-14(25)23-7-5-13(6-8-23)19-9-12-3-4-12;/h11-13,19H,3-10H2,1-2H3;1H. The summed E-state index contributed by atoms with van der Waals surface area (Å²) in [5, 5.41) is 3.59. The van der Waals surface area contributed by atoms with Crippen LogP contribution in [0.25, 0.3) is 11.2 Å². The first kappa shape index (κ1) is 20.6. The number of piperidine rings is 1. The van der Waals surface area contributed by atoms with Gasteiger partial charge in [-0.3, -0.25) is 14.2 Å². The van der Waals surface area contributed by atoms with Crippen LogP contribution >= 0.6 is 12.4 Å². The third kappa shape index (κ3) is 3.86. The topological polar surface area (TPSA) is 94.2 Å². The Bertz CT molecular complexity index is 982. The van der Waals surface area contributed by atoms with Crippen molar-refractivity contribution in [2.45, 2.75) is 38.3 Å². The summed E-state index contributed by atoms with van der Waals surface area (Å²) in [5.74, 6) is 0.658. The summed E-state index contributed by atoms with van der Waals surface area (Å²) in [4.78, 5) is 43.8. The Morgan fingerprint density at radius 1 is 1.18 bits per heavy atom. The monoisotopic (exact) mass is 410 g/mol. The lowest BCUT2D eigenvalue weighted by Gasteiger charge is -2.32. The van der Waals surface area contributed by atoms with Crippen LogP contribution in [0.1, 0.15) is 25.7 Å². The number of amides is 1. The zero-order valence-electron chi connectivity index (χ0n) is 16.3. The molecule has 1 amide bonds. The van der Waals surface area contributed by atoms with E-state index in [-0.39, 0.29) is 24.9 Å². The molecular formula is C18H27ClN6O3. The lowest BCUT2D eigenvalue weighted by molar-refractivity contribution is -0.133. The van der Waals surface area contributed by atoms with E-state index in [0.717, 1.165) is 29.9 Å². The van der Waals surface area contributed by atoms with Gasteiger partial charge in [-0.05, 0) is 38.1 Å². The Morgan fingerprint density at radius 2 is 1.86 bits per heavy atom. The van der Waals surface area contributed by atoms with Gasteiger partial charge in [-0.2, -0.15) is 0 Å². The van der Waals surface area contributed by atoms with E-state index in [9.17, 15) is 14.4 Å². The van der Waals surface area contributed by atoms with Crippen LogP contribution in [0.15, 0.2) is 15.9 Å². The molecule has 1 N–H and O–H groups in total. The molecule has 154 valence electrons. The molecule has 1 aliphatic carbocycles. The average molecular weight is 411 g/mol. The highest BCUT2D eigenvalue weighted by Gasteiger charge is 2.27. The highest BCUT2D eigenvalue weighted by atomic mass is 35.5. The van der Waals surface area contributed by atoms with E-state index in [1.54, 1.807) is 23.6 Å². The van der Waals surface area contributed by atoms with Gasteiger partial charge in [0, 0.05) is 33.2 Å². The number of rotatable bonds is 5. The highest BCUT2D eigenvalue weighted by molar-refractivity contribution is 5.85. The molecule has 1 saturated heterocycles. The van der Waals surface area contributed by atoms with Gasteiger partial charge in [0.1, 0.15) is 6.54 Å². The van der Waals surface area contributed by atoms with Crippen LogP contribution in [0.3, 0.4) is 0 Å².